The Morgan fingerprint density at radius 1 is 1.07 bits per heavy atom. The summed E-state index contributed by atoms with van der Waals surface area (Å²) in [6, 6.07) is 23.1. The van der Waals surface area contributed by atoms with Crippen LogP contribution in [0.15, 0.2) is 77.9 Å². The molecule has 154 valence electrons. The third kappa shape index (κ3) is 5.38. The molecule has 0 fully saturated rings. The predicted octanol–water partition coefficient (Wildman–Crippen LogP) is 4.98. The first-order valence-electron chi connectivity index (χ1n) is 9.57. The van der Waals surface area contributed by atoms with Gasteiger partial charge in [-0.2, -0.15) is 5.10 Å². The number of hydrogen-bond donors (Lipinski definition) is 1. The van der Waals surface area contributed by atoms with Gasteiger partial charge in [0.2, 0.25) is 0 Å². The van der Waals surface area contributed by atoms with E-state index >= 15 is 0 Å². The first-order chi connectivity index (χ1) is 14.6. The van der Waals surface area contributed by atoms with E-state index in [9.17, 15) is 4.79 Å². The second kappa shape index (κ2) is 10.8. The standard InChI is InChI=1S/C24H23IN2O3/c1-3-30-21-15-17(14-20(25)23(21)29-2)16-26-27-24(28)22(18-10-6-4-7-11-18)19-12-8-5-9-13-19/h4-16,22H,3H2,1-2H3,(H,27,28)/b26-16+. The molecule has 0 aromatic heterocycles. The van der Waals surface area contributed by atoms with Crippen molar-refractivity contribution in [3.05, 3.63) is 93.1 Å². The summed E-state index contributed by atoms with van der Waals surface area (Å²) in [6.45, 7) is 2.44. The van der Waals surface area contributed by atoms with Crippen molar-refractivity contribution in [2.24, 2.45) is 5.10 Å². The molecule has 0 unspecified atom stereocenters. The quantitative estimate of drug-likeness (QED) is 0.262. The number of halogens is 1. The minimum Gasteiger partial charge on any atom is -0.492 e. The van der Waals surface area contributed by atoms with E-state index in [4.69, 9.17) is 9.47 Å². The Bertz CT molecular complexity index is 968. The van der Waals surface area contributed by atoms with E-state index in [1.54, 1.807) is 13.3 Å². The van der Waals surface area contributed by atoms with Crippen molar-refractivity contribution >= 4 is 34.7 Å². The lowest BCUT2D eigenvalue weighted by Crippen LogP contribution is -2.26. The van der Waals surface area contributed by atoms with Gasteiger partial charge in [-0.15, -0.1) is 0 Å². The summed E-state index contributed by atoms with van der Waals surface area (Å²) in [5.74, 6) is 0.689. The maximum Gasteiger partial charge on any atom is 0.252 e. The number of nitrogens with zero attached hydrogens (tertiary/aromatic N) is 1. The molecule has 0 heterocycles. The lowest BCUT2D eigenvalue weighted by atomic mass is 9.91. The van der Waals surface area contributed by atoms with E-state index in [0.29, 0.717) is 18.1 Å². The van der Waals surface area contributed by atoms with Crippen LogP contribution < -0.4 is 14.9 Å². The summed E-state index contributed by atoms with van der Waals surface area (Å²) in [6.07, 6.45) is 1.61. The number of nitrogens with one attached hydrogen (secondary N) is 1. The molecule has 6 heteroatoms. The van der Waals surface area contributed by atoms with Crippen LogP contribution in [0.1, 0.15) is 29.5 Å². The number of hydrazone groups is 1. The zero-order chi connectivity index (χ0) is 21.3. The van der Waals surface area contributed by atoms with Gasteiger partial charge in [-0.3, -0.25) is 4.79 Å². The van der Waals surface area contributed by atoms with Gasteiger partial charge in [0.1, 0.15) is 0 Å². The lowest BCUT2D eigenvalue weighted by Gasteiger charge is -2.16. The molecule has 0 saturated heterocycles. The van der Waals surface area contributed by atoms with Crippen LogP contribution in [-0.2, 0) is 4.79 Å². The van der Waals surface area contributed by atoms with E-state index in [0.717, 1.165) is 20.3 Å². The van der Waals surface area contributed by atoms with Gasteiger partial charge in [-0.05, 0) is 58.3 Å². The zero-order valence-electron chi connectivity index (χ0n) is 16.8. The maximum absolute atomic E-state index is 13.0. The highest BCUT2D eigenvalue weighted by Crippen LogP contribution is 2.33. The van der Waals surface area contributed by atoms with Crippen molar-refractivity contribution in [3.8, 4) is 11.5 Å². The SMILES string of the molecule is CCOc1cc(/C=N/NC(=O)C(c2ccccc2)c2ccccc2)cc(I)c1OC. The molecule has 0 aliphatic carbocycles. The fourth-order valence-electron chi connectivity index (χ4n) is 3.14. The van der Waals surface area contributed by atoms with Crippen molar-refractivity contribution < 1.29 is 14.3 Å². The van der Waals surface area contributed by atoms with Gasteiger partial charge in [-0.25, -0.2) is 5.43 Å². The van der Waals surface area contributed by atoms with Gasteiger partial charge in [-0.1, -0.05) is 60.7 Å². The fraction of sp³-hybridized carbons (Fsp3) is 0.167. The molecule has 1 N–H and O–H groups in total. The number of amides is 1. The zero-order valence-corrected chi connectivity index (χ0v) is 19.0. The molecule has 5 nitrogen and oxygen atoms in total. The Morgan fingerprint density at radius 2 is 1.67 bits per heavy atom. The molecule has 0 aliphatic heterocycles. The fourth-order valence-corrected chi connectivity index (χ4v) is 3.99. The van der Waals surface area contributed by atoms with Crippen molar-refractivity contribution in [3.63, 3.8) is 0 Å². The van der Waals surface area contributed by atoms with Gasteiger partial charge in [0, 0.05) is 0 Å². The second-order valence-electron chi connectivity index (χ2n) is 6.46. The van der Waals surface area contributed by atoms with Crippen LogP contribution in [0.2, 0.25) is 0 Å². The van der Waals surface area contributed by atoms with E-state index in [-0.39, 0.29) is 5.91 Å². The van der Waals surface area contributed by atoms with E-state index in [1.165, 1.54) is 0 Å². The number of rotatable bonds is 8. The monoisotopic (exact) mass is 514 g/mol. The molecule has 3 aromatic carbocycles. The van der Waals surface area contributed by atoms with Gasteiger partial charge in [0.15, 0.2) is 11.5 Å². The highest BCUT2D eigenvalue weighted by atomic mass is 127. The normalized spacial score (nSPS) is 10.9. The average Bonchev–Trinajstić information content (AvgIpc) is 2.76. The van der Waals surface area contributed by atoms with E-state index in [2.05, 4.69) is 33.1 Å². The minimum absolute atomic E-state index is 0.197. The molecule has 0 bridgehead atoms. The number of benzene rings is 3. The summed E-state index contributed by atoms with van der Waals surface area (Å²) in [7, 11) is 1.61. The van der Waals surface area contributed by atoms with Gasteiger partial charge >= 0.3 is 0 Å². The van der Waals surface area contributed by atoms with Gasteiger partial charge in [0.05, 0.1) is 29.4 Å². The third-order valence-corrected chi connectivity index (χ3v) is 5.25. The maximum atomic E-state index is 13.0. The molecule has 3 aromatic rings. The molecular formula is C24H23IN2O3. The molecule has 0 radical (unpaired) electrons. The summed E-state index contributed by atoms with van der Waals surface area (Å²) < 4.78 is 12.0. The number of ether oxygens (including phenoxy) is 2. The van der Waals surface area contributed by atoms with Crippen molar-refractivity contribution in [1.29, 1.82) is 0 Å². The van der Waals surface area contributed by atoms with Gasteiger partial charge < -0.3 is 9.47 Å². The van der Waals surface area contributed by atoms with Crippen molar-refractivity contribution in [1.82, 2.24) is 5.43 Å². The summed E-state index contributed by atoms with van der Waals surface area (Å²) in [5, 5.41) is 4.19. The van der Waals surface area contributed by atoms with Crippen LogP contribution in [0.5, 0.6) is 11.5 Å². The third-order valence-electron chi connectivity index (χ3n) is 4.45. The number of carbonyl (C=O) groups excluding carboxylic acids is 1. The molecule has 1 amide bonds. The van der Waals surface area contributed by atoms with Gasteiger partial charge in [0.25, 0.3) is 5.91 Å². The topological polar surface area (TPSA) is 59.9 Å². The molecule has 0 saturated carbocycles. The van der Waals surface area contributed by atoms with Crippen LogP contribution in [0.25, 0.3) is 0 Å². The number of methoxy groups -OCH3 is 1. The number of carbonyl (C=O) groups is 1. The molecule has 0 atom stereocenters. The van der Waals surface area contributed by atoms with Crippen LogP contribution in [0.4, 0.5) is 0 Å². The Balaban J connectivity index is 1.81. The van der Waals surface area contributed by atoms with Crippen molar-refractivity contribution in [2.45, 2.75) is 12.8 Å². The molecule has 0 aliphatic rings. The Labute approximate surface area is 190 Å². The Kier molecular flexibility index (Phi) is 7.84. The summed E-state index contributed by atoms with van der Waals surface area (Å²) in [5.41, 5.74) is 5.31. The van der Waals surface area contributed by atoms with Crippen LogP contribution in [0, 0.1) is 3.57 Å². The molecule has 3 rings (SSSR count). The smallest absolute Gasteiger partial charge is 0.252 e. The summed E-state index contributed by atoms with van der Waals surface area (Å²) in [4.78, 5) is 13.0. The highest BCUT2D eigenvalue weighted by molar-refractivity contribution is 14.1. The summed E-state index contributed by atoms with van der Waals surface area (Å²) >= 11 is 2.19. The van der Waals surface area contributed by atoms with Crippen LogP contribution in [0.3, 0.4) is 0 Å². The van der Waals surface area contributed by atoms with Crippen LogP contribution in [-0.4, -0.2) is 25.8 Å². The first-order valence-corrected chi connectivity index (χ1v) is 10.6. The van der Waals surface area contributed by atoms with Crippen molar-refractivity contribution in [2.75, 3.05) is 13.7 Å². The highest BCUT2D eigenvalue weighted by Gasteiger charge is 2.22. The largest absolute Gasteiger partial charge is 0.492 e. The van der Waals surface area contributed by atoms with E-state index in [1.807, 2.05) is 79.7 Å². The molecular weight excluding hydrogens is 491 g/mol. The lowest BCUT2D eigenvalue weighted by molar-refractivity contribution is -0.121. The number of hydrogen-bond acceptors (Lipinski definition) is 4. The second-order valence-corrected chi connectivity index (χ2v) is 7.62. The minimum atomic E-state index is -0.445. The first kappa shape index (κ1) is 21.8. The molecule has 30 heavy (non-hydrogen) atoms. The Morgan fingerprint density at radius 3 is 2.20 bits per heavy atom. The van der Waals surface area contributed by atoms with E-state index < -0.39 is 5.92 Å². The molecule has 0 spiro atoms. The van der Waals surface area contributed by atoms with Crippen LogP contribution >= 0.6 is 22.6 Å². The predicted molar refractivity (Wildman–Crippen MR) is 127 cm³/mol. The Hall–Kier alpha value is -2.87. The average molecular weight is 514 g/mol.